The van der Waals surface area contributed by atoms with Crippen LogP contribution in [0.4, 0.5) is 17.5 Å². The summed E-state index contributed by atoms with van der Waals surface area (Å²) in [6, 6.07) is 12.5. The standard InChI is InChI=1S/C25H29N7OS/c33-21(18-3-4-18)13-16-1-5-19(6-2-16)34-25-29-23(14-24(30-25)28-22-7-10-26-31-22)27-20-15-32-11-8-17(20)9-12-32/h1-2,5-7,10,14,17-18,20H,3-4,8-9,11-13,15H2,(H3,26,27,28,29,30,31)/t20-/m0/s1. The van der Waals surface area contributed by atoms with E-state index in [0.717, 1.165) is 47.3 Å². The van der Waals surface area contributed by atoms with Gasteiger partial charge < -0.3 is 15.5 Å². The van der Waals surface area contributed by atoms with Crippen molar-refractivity contribution in [3.8, 4) is 0 Å². The maximum atomic E-state index is 12.1. The van der Waals surface area contributed by atoms with Crippen LogP contribution in [0.15, 0.2) is 52.6 Å². The van der Waals surface area contributed by atoms with Crippen molar-refractivity contribution in [2.24, 2.45) is 11.8 Å². The highest BCUT2D eigenvalue weighted by molar-refractivity contribution is 7.99. The molecule has 176 valence electrons. The first kappa shape index (κ1) is 21.6. The Hall–Kier alpha value is -2.91. The molecule has 34 heavy (non-hydrogen) atoms. The number of fused-ring (bicyclic) bond motifs is 3. The van der Waals surface area contributed by atoms with E-state index in [2.05, 4.69) is 37.9 Å². The molecule has 1 aromatic carbocycles. The van der Waals surface area contributed by atoms with Crippen LogP contribution in [0.5, 0.6) is 0 Å². The van der Waals surface area contributed by atoms with E-state index >= 15 is 0 Å². The molecule has 9 heteroatoms. The summed E-state index contributed by atoms with van der Waals surface area (Å²) in [5.41, 5.74) is 1.07. The second kappa shape index (κ2) is 9.38. The SMILES string of the molecule is O=C(Cc1ccc(Sc2nc(Nc3ccn[nH]3)cc(N[C@H]3CN4CCC3CC4)n2)cc1)C1CC1. The normalized spacial score (nSPS) is 23.6. The highest BCUT2D eigenvalue weighted by Crippen LogP contribution is 2.33. The summed E-state index contributed by atoms with van der Waals surface area (Å²) in [4.78, 5) is 25.3. The summed E-state index contributed by atoms with van der Waals surface area (Å²) in [7, 11) is 0. The Balaban J connectivity index is 1.20. The minimum absolute atomic E-state index is 0.301. The quantitative estimate of drug-likeness (QED) is 0.398. The largest absolute Gasteiger partial charge is 0.366 e. The van der Waals surface area contributed by atoms with E-state index in [4.69, 9.17) is 9.97 Å². The minimum Gasteiger partial charge on any atom is -0.366 e. The summed E-state index contributed by atoms with van der Waals surface area (Å²) in [6.45, 7) is 3.49. The van der Waals surface area contributed by atoms with Crippen LogP contribution in [0.2, 0.25) is 0 Å². The van der Waals surface area contributed by atoms with Gasteiger partial charge >= 0.3 is 0 Å². The Kier molecular flexibility index (Phi) is 5.97. The molecule has 8 nitrogen and oxygen atoms in total. The lowest BCUT2D eigenvalue weighted by atomic mass is 9.84. The molecule has 3 aliphatic heterocycles. The Labute approximate surface area is 203 Å². The fraction of sp³-hybridized carbons (Fsp3) is 0.440. The summed E-state index contributed by atoms with van der Waals surface area (Å²) >= 11 is 1.53. The van der Waals surface area contributed by atoms with Crippen molar-refractivity contribution in [1.82, 2.24) is 25.1 Å². The predicted molar refractivity (Wildman–Crippen MR) is 132 cm³/mol. The fourth-order valence-corrected chi connectivity index (χ4v) is 5.69. The Morgan fingerprint density at radius 3 is 2.53 bits per heavy atom. The van der Waals surface area contributed by atoms with Gasteiger partial charge in [-0.3, -0.25) is 9.89 Å². The van der Waals surface area contributed by atoms with Gasteiger partial charge in [-0.05, 0) is 74.1 Å². The smallest absolute Gasteiger partial charge is 0.196 e. The van der Waals surface area contributed by atoms with Gasteiger partial charge in [0.1, 0.15) is 23.2 Å². The molecule has 2 bridgehead atoms. The van der Waals surface area contributed by atoms with Crippen LogP contribution >= 0.6 is 11.8 Å². The average Bonchev–Trinajstić information content (AvgIpc) is 3.58. The second-order valence-electron chi connectivity index (χ2n) is 9.57. The maximum Gasteiger partial charge on any atom is 0.196 e. The maximum absolute atomic E-state index is 12.1. The lowest BCUT2D eigenvalue weighted by Gasteiger charge is -2.45. The summed E-state index contributed by atoms with van der Waals surface area (Å²) in [5.74, 6) is 3.71. The molecular formula is C25H29N7OS. The molecule has 2 aromatic heterocycles. The van der Waals surface area contributed by atoms with E-state index in [-0.39, 0.29) is 0 Å². The molecule has 1 aliphatic carbocycles. The number of anilines is 3. The van der Waals surface area contributed by atoms with Crippen molar-refractivity contribution in [3.63, 3.8) is 0 Å². The van der Waals surface area contributed by atoms with E-state index in [1.54, 1.807) is 6.20 Å². The van der Waals surface area contributed by atoms with Gasteiger partial charge in [0, 0.05) is 42.0 Å². The number of rotatable bonds is 9. The van der Waals surface area contributed by atoms with Crippen LogP contribution in [-0.4, -0.2) is 56.5 Å². The fourth-order valence-electron chi connectivity index (χ4n) is 4.92. The number of benzene rings is 1. The average molecular weight is 476 g/mol. The molecule has 5 heterocycles. The number of H-pyrrole nitrogens is 1. The van der Waals surface area contributed by atoms with Gasteiger partial charge in [-0.2, -0.15) is 5.10 Å². The first-order chi connectivity index (χ1) is 16.7. The van der Waals surface area contributed by atoms with Crippen molar-refractivity contribution < 1.29 is 4.79 Å². The molecule has 0 radical (unpaired) electrons. The van der Waals surface area contributed by atoms with Gasteiger partial charge in [0.2, 0.25) is 0 Å². The Bertz CT molecular complexity index is 1140. The van der Waals surface area contributed by atoms with Crippen molar-refractivity contribution in [2.75, 3.05) is 30.3 Å². The zero-order chi connectivity index (χ0) is 22.9. The number of aromatic amines is 1. The third kappa shape index (κ3) is 5.10. The van der Waals surface area contributed by atoms with Gasteiger partial charge in [0.25, 0.3) is 0 Å². The van der Waals surface area contributed by atoms with E-state index in [0.29, 0.717) is 35.2 Å². The number of carbonyl (C=O) groups excluding carboxylic acids is 1. The van der Waals surface area contributed by atoms with E-state index < -0.39 is 0 Å². The van der Waals surface area contributed by atoms with Crippen LogP contribution in [0.3, 0.4) is 0 Å². The Morgan fingerprint density at radius 2 is 1.85 bits per heavy atom. The van der Waals surface area contributed by atoms with E-state index in [9.17, 15) is 4.79 Å². The number of Topliss-reactive ketones (excluding diaryl/α,β-unsaturated/α-hetero) is 1. The topological polar surface area (TPSA) is 98.8 Å². The number of hydrogen-bond acceptors (Lipinski definition) is 8. The number of nitrogens with one attached hydrogen (secondary N) is 3. The molecule has 3 saturated heterocycles. The van der Waals surface area contributed by atoms with Gasteiger partial charge in [-0.25, -0.2) is 9.97 Å². The highest BCUT2D eigenvalue weighted by Gasteiger charge is 2.34. The minimum atomic E-state index is 0.301. The van der Waals surface area contributed by atoms with Crippen LogP contribution in [-0.2, 0) is 11.2 Å². The van der Waals surface area contributed by atoms with Crippen molar-refractivity contribution >= 4 is 35.0 Å². The number of nitrogens with zero attached hydrogens (tertiary/aromatic N) is 4. The number of carbonyl (C=O) groups is 1. The van der Waals surface area contributed by atoms with E-state index in [1.807, 2.05) is 24.3 Å². The monoisotopic (exact) mass is 475 g/mol. The molecule has 0 spiro atoms. The third-order valence-corrected chi connectivity index (χ3v) is 7.88. The second-order valence-corrected chi connectivity index (χ2v) is 10.6. The molecule has 4 aliphatic rings. The molecule has 3 aromatic rings. The zero-order valence-electron chi connectivity index (χ0n) is 19.0. The number of ketones is 1. The molecule has 1 atom stereocenters. The molecule has 4 fully saturated rings. The van der Waals surface area contributed by atoms with Crippen LogP contribution < -0.4 is 10.6 Å². The van der Waals surface area contributed by atoms with Gasteiger partial charge in [0.05, 0.1) is 6.20 Å². The van der Waals surface area contributed by atoms with Crippen molar-refractivity contribution in [3.05, 3.63) is 48.2 Å². The van der Waals surface area contributed by atoms with Crippen LogP contribution in [0.1, 0.15) is 31.2 Å². The Morgan fingerprint density at radius 1 is 1.06 bits per heavy atom. The molecule has 3 N–H and O–H groups in total. The summed E-state index contributed by atoms with van der Waals surface area (Å²) < 4.78 is 0. The first-order valence-electron chi connectivity index (χ1n) is 12.1. The van der Waals surface area contributed by atoms with E-state index in [1.165, 1.54) is 37.7 Å². The zero-order valence-corrected chi connectivity index (χ0v) is 19.9. The van der Waals surface area contributed by atoms with Crippen LogP contribution in [0.25, 0.3) is 0 Å². The first-order valence-corrected chi connectivity index (χ1v) is 12.9. The summed E-state index contributed by atoms with van der Waals surface area (Å²) in [5, 5.41) is 14.6. The lowest BCUT2D eigenvalue weighted by Crippen LogP contribution is -2.53. The van der Waals surface area contributed by atoms with Gasteiger partial charge in [-0.1, -0.05) is 12.1 Å². The molecule has 1 saturated carbocycles. The van der Waals surface area contributed by atoms with Gasteiger partial charge in [0.15, 0.2) is 5.16 Å². The molecule has 0 amide bonds. The van der Waals surface area contributed by atoms with Crippen LogP contribution in [0, 0.1) is 11.8 Å². The summed E-state index contributed by atoms with van der Waals surface area (Å²) in [6.07, 6.45) is 6.86. The number of piperidine rings is 3. The molecule has 7 rings (SSSR count). The van der Waals surface area contributed by atoms with Crippen molar-refractivity contribution in [2.45, 2.75) is 48.2 Å². The van der Waals surface area contributed by atoms with Crippen molar-refractivity contribution in [1.29, 1.82) is 0 Å². The molecular weight excluding hydrogens is 446 g/mol. The predicted octanol–water partition coefficient (Wildman–Crippen LogP) is 4.12. The lowest BCUT2D eigenvalue weighted by molar-refractivity contribution is -0.119. The number of hydrogen-bond donors (Lipinski definition) is 3. The number of aromatic nitrogens is 4. The third-order valence-electron chi connectivity index (χ3n) is 7.00. The van der Waals surface area contributed by atoms with Gasteiger partial charge in [-0.15, -0.1) is 0 Å². The highest BCUT2D eigenvalue weighted by atomic mass is 32.2. The molecule has 0 unspecified atom stereocenters.